The molecular formula is C8H6FNO4. The van der Waals surface area contributed by atoms with Crippen molar-refractivity contribution < 1.29 is 18.8 Å². The number of rotatable bonds is 4. The van der Waals surface area contributed by atoms with Crippen LogP contribution in [-0.4, -0.2) is 11.4 Å². The van der Waals surface area contributed by atoms with Crippen LogP contribution >= 0.6 is 0 Å². The number of ether oxygens (including phenoxy) is 1. The van der Waals surface area contributed by atoms with Crippen LogP contribution < -0.4 is 0 Å². The summed E-state index contributed by atoms with van der Waals surface area (Å²) in [5.74, 6) is -0.763. The molecule has 0 bridgehead atoms. The zero-order valence-corrected chi connectivity index (χ0v) is 6.97. The largest absolute Gasteiger partial charge is 0.463 e. The van der Waals surface area contributed by atoms with Crippen LogP contribution in [-0.2, 0) is 16.1 Å². The molecule has 0 aliphatic carbocycles. The fraction of sp³-hybridized carbons (Fsp3) is 0.125. The molecule has 1 aromatic carbocycles. The van der Waals surface area contributed by atoms with Gasteiger partial charge in [0.15, 0.2) is 0 Å². The van der Waals surface area contributed by atoms with Crippen LogP contribution in [0.4, 0.5) is 10.1 Å². The van der Waals surface area contributed by atoms with E-state index in [9.17, 15) is 19.3 Å². The van der Waals surface area contributed by atoms with Crippen LogP contribution in [0.25, 0.3) is 0 Å². The van der Waals surface area contributed by atoms with Gasteiger partial charge in [-0.2, -0.15) is 0 Å². The lowest BCUT2D eigenvalue weighted by Gasteiger charge is -2.00. The summed E-state index contributed by atoms with van der Waals surface area (Å²) in [5, 5.41) is 10.2. The van der Waals surface area contributed by atoms with Gasteiger partial charge in [-0.05, 0) is 6.07 Å². The molecule has 0 fully saturated rings. The maximum absolute atomic E-state index is 13.0. The van der Waals surface area contributed by atoms with E-state index in [1.165, 1.54) is 6.07 Å². The number of nitro groups is 1. The zero-order valence-electron chi connectivity index (χ0n) is 6.97. The fourth-order valence-electron chi connectivity index (χ4n) is 0.891. The summed E-state index contributed by atoms with van der Waals surface area (Å²) >= 11 is 0. The molecule has 5 nitrogen and oxygen atoms in total. The first-order chi connectivity index (χ1) is 6.65. The van der Waals surface area contributed by atoms with Gasteiger partial charge in [0.1, 0.15) is 12.4 Å². The summed E-state index contributed by atoms with van der Waals surface area (Å²) < 4.78 is 17.3. The van der Waals surface area contributed by atoms with Crippen molar-refractivity contribution in [3.63, 3.8) is 0 Å². The third kappa shape index (κ3) is 2.25. The van der Waals surface area contributed by atoms with Gasteiger partial charge < -0.3 is 4.74 Å². The number of nitro benzene ring substituents is 1. The minimum Gasteiger partial charge on any atom is -0.463 e. The van der Waals surface area contributed by atoms with Crippen molar-refractivity contribution in [3.8, 4) is 0 Å². The van der Waals surface area contributed by atoms with Crippen LogP contribution in [0.5, 0.6) is 0 Å². The molecule has 0 saturated carbocycles. The maximum Gasteiger partial charge on any atom is 0.293 e. The van der Waals surface area contributed by atoms with Crippen molar-refractivity contribution in [2.24, 2.45) is 0 Å². The molecule has 0 saturated heterocycles. The van der Waals surface area contributed by atoms with E-state index in [0.29, 0.717) is 0 Å². The first-order valence-electron chi connectivity index (χ1n) is 3.63. The van der Waals surface area contributed by atoms with Crippen LogP contribution in [0.1, 0.15) is 5.56 Å². The number of carbonyl (C=O) groups is 1. The topological polar surface area (TPSA) is 69.4 Å². The number of halogens is 1. The van der Waals surface area contributed by atoms with Gasteiger partial charge in [-0.25, -0.2) is 4.39 Å². The number of hydrogen-bond acceptors (Lipinski definition) is 4. The third-order valence-electron chi connectivity index (χ3n) is 1.55. The van der Waals surface area contributed by atoms with E-state index in [1.54, 1.807) is 0 Å². The van der Waals surface area contributed by atoms with E-state index >= 15 is 0 Å². The Morgan fingerprint density at radius 1 is 1.57 bits per heavy atom. The predicted octanol–water partition coefficient (Wildman–Crippen LogP) is 1.41. The van der Waals surface area contributed by atoms with Gasteiger partial charge in [0, 0.05) is 11.6 Å². The normalized spacial score (nSPS) is 9.50. The van der Waals surface area contributed by atoms with E-state index in [1.807, 2.05) is 0 Å². The first kappa shape index (κ1) is 10.1. The Morgan fingerprint density at radius 2 is 2.29 bits per heavy atom. The molecule has 74 valence electrons. The molecular weight excluding hydrogens is 193 g/mol. The van der Waals surface area contributed by atoms with E-state index in [-0.39, 0.29) is 24.3 Å². The summed E-state index contributed by atoms with van der Waals surface area (Å²) in [7, 11) is 0. The highest BCUT2D eigenvalue weighted by atomic mass is 19.1. The number of nitrogens with zero attached hydrogens (tertiary/aromatic N) is 1. The predicted molar refractivity (Wildman–Crippen MR) is 43.9 cm³/mol. The monoisotopic (exact) mass is 199 g/mol. The van der Waals surface area contributed by atoms with Gasteiger partial charge in [0.05, 0.1) is 11.0 Å². The summed E-state index contributed by atoms with van der Waals surface area (Å²) in [5.41, 5.74) is -0.236. The summed E-state index contributed by atoms with van der Waals surface area (Å²) in [6.07, 6.45) is 0. The zero-order chi connectivity index (χ0) is 10.6. The lowest BCUT2D eigenvalue weighted by Crippen LogP contribution is -1.96. The molecule has 0 aromatic heterocycles. The van der Waals surface area contributed by atoms with E-state index in [4.69, 9.17) is 0 Å². The Morgan fingerprint density at radius 3 is 2.79 bits per heavy atom. The Kier molecular flexibility index (Phi) is 3.11. The summed E-state index contributed by atoms with van der Waals surface area (Å²) in [6, 6.07) is 3.13. The summed E-state index contributed by atoms with van der Waals surface area (Å²) in [6.45, 7) is -0.0474. The van der Waals surface area contributed by atoms with Crippen LogP contribution in [0, 0.1) is 15.9 Å². The lowest BCUT2D eigenvalue weighted by atomic mass is 10.2. The van der Waals surface area contributed by atoms with Crippen molar-refractivity contribution in [1.82, 2.24) is 0 Å². The SMILES string of the molecule is O=COCc1ccc([N+](=O)[O-])cc1F. The molecule has 0 spiro atoms. The van der Waals surface area contributed by atoms with Gasteiger partial charge in [-0.15, -0.1) is 0 Å². The van der Waals surface area contributed by atoms with Gasteiger partial charge in [0.25, 0.3) is 12.2 Å². The highest BCUT2D eigenvalue weighted by Crippen LogP contribution is 2.16. The van der Waals surface area contributed by atoms with Crippen molar-refractivity contribution >= 4 is 12.2 Å². The molecule has 6 heteroatoms. The van der Waals surface area contributed by atoms with Crippen LogP contribution in [0.2, 0.25) is 0 Å². The average Bonchev–Trinajstić information content (AvgIpc) is 2.15. The number of hydrogen-bond donors (Lipinski definition) is 0. The van der Waals surface area contributed by atoms with Crippen molar-refractivity contribution in [2.45, 2.75) is 6.61 Å². The molecule has 1 aromatic rings. The van der Waals surface area contributed by atoms with Crippen LogP contribution in [0.3, 0.4) is 0 Å². The minimum atomic E-state index is -0.763. The van der Waals surface area contributed by atoms with Crippen molar-refractivity contribution in [2.75, 3.05) is 0 Å². The molecule has 14 heavy (non-hydrogen) atoms. The highest BCUT2D eigenvalue weighted by molar-refractivity contribution is 5.38. The average molecular weight is 199 g/mol. The molecule has 0 amide bonds. The van der Waals surface area contributed by atoms with Gasteiger partial charge in [-0.1, -0.05) is 0 Å². The Balaban J connectivity index is 2.89. The molecule has 0 aliphatic rings. The summed E-state index contributed by atoms with van der Waals surface area (Å²) in [4.78, 5) is 19.3. The Hall–Kier alpha value is -1.98. The van der Waals surface area contributed by atoms with E-state index in [0.717, 1.165) is 12.1 Å². The molecule has 0 aliphatic heterocycles. The third-order valence-corrected chi connectivity index (χ3v) is 1.55. The number of benzene rings is 1. The van der Waals surface area contributed by atoms with Crippen molar-refractivity contribution in [1.29, 1.82) is 0 Å². The molecule has 1 rings (SSSR count). The smallest absolute Gasteiger partial charge is 0.293 e. The first-order valence-corrected chi connectivity index (χ1v) is 3.63. The quantitative estimate of drug-likeness (QED) is 0.417. The van der Waals surface area contributed by atoms with Gasteiger partial charge in [0.2, 0.25) is 0 Å². The van der Waals surface area contributed by atoms with Gasteiger partial charge >= 0.3 is 0 Å². The second kappa shape index (κ2) is 4.31. The van der Waals surface area contributed by atoms with E-state index in [2.05, 4.69) is 4.74 Å². The van der Waals surface area contributed by atoms with Crippen molar-refractivity contribution in [3.05, 3.63) is 39.7 Å². The lowest BCUT2D eigenvalue weighted by molar-refractivity contribution is -0.385. The van der Waals surface area contributed by atoms with E-state index < -0.39 is 10.7 Å². The second-order valence-corrected chi connectivity index (χ2v) is 2.44. The molecule has 0 atom stereocenters. The second-order valence-electron chi connectivity index (χ2n) is 2.44. The molecule has 0 unspecified atom stereocenters. The van der Waals surface area contributed by atoms with Gasteiger partial charge in [-0.3, -0.25) is 14.9 Å². The molecule has 0 radical (unpaired) electrons. The Labute approximate surface area is 78.3 Å². The Bertz CT molecular complexity index is 366. The molecule has 0 N–H and O–H groups in total. The standard InChI is InChI=1S/C8H6FNO4/c9-8-3-7(10(12)13)2-1-6(8)4-14-5-11/h1-3,5H,4H2. The van der Waals surface area contributed by atoms with Crippen LogP contribution in [0.15, 0.2) is 18.2 Å². The maximum atomic E-state index is 13.0. The number of carbonyl (C=O) groups excluding carboxylic acids is 1. The fourth-order valence-corrected chi connectivity index (χ4v) is 0.891. The minimum absolute atomic E-state index is 0.0997. The molecule has 0 heterocycles. The number of non-ortho nitro benzene ring substituents is 1. The highest BCUT2D eigenvalue weighted by Gasteiger charge is 2.10.